The fourth-order valence-corrected chi connectivity index (χ4v) is 4.97. The second-order valence-corrected chi connectivity index (χ2v) is 9.78. The van der Waals surface area contributed by atoms with Crippen molar-refractivity contribution in [2.45, 2.75) is 71.2 Å². The molecule has 2 aromatic carbocycles. The second-order valence-electron chi connectivity index (χ2n) is 8.46. The van der Waals surface area contributed by atoms with Gasteiger partial charge in [0.1, 0.15) is 5.52 Å². The first-order valence-electron chi connectivity index (χ1n) is 11.7. The minimum Gasteiger partial charge on any atom is -0.481 e. The number of carbonyl (C=O) groups is 1. The molecule has 1 aromatic heterocycles. The summed E-state index contributed by atoms with van der Waals surface area (Å²) in [6.45, 7) is 6.10. The molecule has 196 valence electrons. The van der Waals surface area contributed by atoms with E-state index in [1.54, 1.807) is 12.1 Å². The molecule has 0 fully saturated rings. The maximum Gasteiger partial charge on any atom is 0.573 e. The molecule has 0 aliphatic rings. The van der Waals surface area contributed by atoms with Gasteiger partial charge in [-0.25, -0.2) is 4.98 Å². The Morgan fingerprint density at radius 3 is 2.47 bits per heavy atom. The van der Waals surface area contributed by atoms with Crippen molar-refractivity contribution in [3.05, 3.63) is 45.4 Å². The third-order valence-corrected chi connectivity index (χ3v) is 6.99. The van der Waals surface area contributed by atoms with Crippen molar-refractivity contribution in [2.75, 3.05) is 5.32 Å². The van der Waals surface area contributed by atoms with Crippen LogP contribution in [0.1, 0.15) is 70.4 Å². The predicted octanol–water partition coefficient (Wildman–Crippen LogP) is 8.81. The van der Waals surface area contributed by atoms with Gasteiger partial charge in [-0.3, -0.25) is 4.79 Å². The average molecular weight is 591 g/mol. The first kappa shape index (κ1) is 28.1. The van der Waals surface area contributed by atoms with Gasteiger partial charge in [-0.1, -0.05) is 54.4 Å². The Balaban J connectivity index is 2.26. The zero-order valence-electron chi connectivity index (χ0n) is 20.1. The van der Waals surface area contributed by atoms with Crippen LogP contribution in [0.3, 0.4) is 0 Å². The van der Waals surface area contributed by atoms with E-state index in [9.17, 15) is 23.1 Å². The summed E-state index contributed by atoms with van der Waals surface area (Å²) in [5.41, 5.74) is 2.33. The van der Waals surface area contributed by atoms with Crippen molar-refractivity contribution in [1.29, 1.82) is 0 Å². The van der Waals surface area contributed by atoms with Gasteiger partial charge in [-0.05, 0) is 61.4 Å². The summed E-state index contributed by atoms with van der Waals surface area (Å²) in [6, 6.07) is 7.69. The molecule has 0 spiro atoms. The first-order chi connectivity index (χ1) is 17.0. The van der Waals surface area contributed by atoms with Crippen molar-refractivity contribution in [1.82, 2.24) is 9.55 Å². The number of rotatable bonds is 11. The normalized spacial score (nSPS) is 12.8. The maximum absolute atomic E-state index is 13.1. The van der Waals surface area contributed by atoms with Crippen molar-refractivity contribution in [2.24, 2.45) is 0 Å². The SMILES string of the molecule is CCC(CC)c1ccc(Cl)c2nc(Nc3ccc(Br)cc3OC(F)(F)F)n(C(CC)CCC(=O)O)c12. The maximum atomic E-state index is 13.1. The zero-order chi connectivity index (χ0) is 26.6. The van der Waals surface area contributed by atoms with Gasteiger partial charge in [-0.15, -0.1) is 13.2 Å². The van der Waals surface area contributed by atoms with E-state index in [4.69, 9.17) is 16.6 Å². The van der Waals surface area contributed by atoms with E-state index >= 15 is 0 Å². The Morgan fingerprint density at radius 2 is 1.89 bits per heavy atom. The quantitative estimate of drug-likeness (QED) is 0.233. The Kier molecular flexibility index (Phi) is 9.16. The number of carboxylic acids is 1. The number of hydrogen-bond acceptors (Lipinski definition) is 4. The van der Waals surface area contributed by atoms with Gasteiger partial charge in [0.25, 0.3) is 0 Å². The summed E-state index contributed by atoms with van der Waals surface area (Å²) in [5, 5.41) is 12.7. The van der Waals surface area contributed by atoms with E-state index in [0.717, 1.165) is 23.9 Å². The van der Waals surface area contributed by atoms with Crippen LogP contribution in [-0.2, 0) is 4.79 Å². The Labute approximate surface area is 220 Å². The molecular weight excluding hydrogens is 563 g/mol. The monoisotopic (exact) mass is 589 g/mol. The van der Waals surface area contributed by atoms with E-state index in [1.807, 2.05) is 17.6 Å². The van der Waals surface area contributed by atoms with Crippen molar-refractivity contribution in [3.63, 3.8) is 0 Å². The van der Waals surface area contributed by atoms with Crippen molar-refractivity contribution in [3.8, 4) is 5.75 Å². The lowest BCUT2D eigenvalue weighted by Crippen LogP contribution is -2.18. The van der Waals surface area contributed by atoms with Gasteiger partial charge in [0.05, 0.1) is 16.2 Å². The van der Waals surface area contributed by atoms with Crippen LogP contribution in [0, 0.1) is 0 Å². The average Bonchev–Trinajstić information content (AvgIpc) is 3.17. The largest absolute Gasteiger partial charge is 0.573 e. The lowest BCUT2D eigenvalue weighted by molar-refractivity contribution is -0.274. The summed E-state index contributed by atoms with van der Waals surface area (Å²) in [5.74, 6) is -0.904. The number of hydrogen-bond donors (Lipinski definition) is 2. The van der Waals surface area contributed by atoms with Crippen molar-refractivity contribution >= 4 is 56.2 Å². The fourth-order valence-electron chi connectivity index (χ4n) is 4.43. The summed E-state index contributed by atoms with van der Waals surface area (Å²) in [6.07, 6.45) is -2.34. The summed E-state index contributed by atoms with van der Waals surface area (Å²) < 4.78 is 45.9. The standard InChI is InChI=1S/C25H28BrClF3N3O3/c1-4-14(5-2)17-9-10-18(27)22-23(17)33(16(6-3)8-12-21(34)35)24(32-22)31-19-11-7-15(26)13-20(19)36-25(28,29)30/h7,9-11,13-14,16H,4-6,8,12H2,1-3H3,(H,31,32)(H,34,35). The Hall–Kier alpha value is -2.46. The van der Waals surface area contributed by atoms with Gasteiger partial charge < -0.3 is 19.7 Å². The molecule has 1 atom stereocenters. The lowest BCUT2D eigenvalue weighted by atomic mass is 9.92. The number of benzene rings is 2. The third-order valence-electron chi connectivity index (χ3n) is 6.19. The molecule has 0 bridgehead atoms. The van der Waals surface area contributed by atoms with Crippen LogP contribution in [0.5, 0.6) is 5.75 Å². The topological polar surface area (TPSA) is 76.4 Å². The Bertz CT molecular complexity index is 1230. The zero-order valence-corrected chi connectivity index (χ0v) is 22.5. The predicted molar refractivity (Wildman–Crippen MR) is 138 cm³/mol. The molecule has 0 aliphatic heterocycles. The Morgan fingerprint density at radius 1 is 1.19 bits per heavy atom. The highest BCUT2D eigenvalue weighted by atomic mass is 79.9. The number of ether oxygens (including phenoxy) is 1. The number of halogens is 5. The number of carboxylic acid groups (broad SMARTS) is 1. The molecule has 2 N–H and O–H groups in total. The van der Waals surface area contributed by atoms with Crippen LogP contribution in [0.15, 0.2) is 34.8 Å². The van der Waals surface area contributed by atoms with Crippen LogP contribution in [0.4, 0.5) is 24.8 Å². The van der Waals surface area contributed by atoms with Gasteiger partial charge >= 0.3 is 12.3 Å². The molecule has 0 aliphatic carbocycles. The van der Waals surface area contributed by atoms with Crippen molar-refractivity contribution < 1.29 is 27.8 Å². The summed E-state index contributed by atoms with van der Waals surface area (Å²) >= 11 is 9.73. The molecule has 0 radical (unpaired) electrons. The number of alkyl halides is 3. The lowest BCUT2D eigenvalue weighted by Gasteiger charge is -2.24. The van der Waals surface area contributed by atoms with Crippen LogP contribution in [0.2, 0.25) is 5.02 Å². The molecular formula is C25H28BrClF3N3O3. The van der Waals surface area contributed by atoms with Gasteiger partial charge in [0.15, 0.2) is 5.75 Å². The number of anilines is 2. The number of imidazole rings is 1. The van der Waals surface area contributed by atoms with Crippen LogP contribution in [-0.4, -0.2) is 27.0 Å². The van der Waals surface area contributed by atoms with Crippen LogP contribution in [0.25, 0.3) is 11.0 Å². The summed E-state index contributed by atoms with van der Waals surface area (Å²) in [7, 11) is 0. The van der Waals surface area contributed by atoms with E-state index in [2.05, 4.69) is 39.8 Å². The van der Waals surface area contributed by atoms with Gasteiger partial charge in [-0.2, -0.15) is 0 Å². The minimum absolute atomic E-state index is 0.0559. The molecule has 0 saturated carbocycles. The molecule has 3 aromatic rings. The van der Waals surface area contributed by atoms with E-state index in [0.29, 0.717) is 27.9 Å². The van der Waals surface area contributed by atoms with Crippen LogP contribution < -0.4 is 10.1 Å². The molecule has 6 nitrogen and oxygen atoms in total. The molecule has 11 heteroatoms. The molecule has 36 heavy (non-hydrogen) atoms. The number of aromatic nitrogens is 2. The third kappa shape index (κ3) is 6.45. The number of fused-ring (bicyclic) bond motifs is 1. The first-order valence-corrected chi connectivity index (χ1v) is 12.9. The van der Waals surface area contributed by atoms with Crippen LogP contribution >= 0.6 is 27.5 Å². The number of nitrogens with one attached hydrogen (secondary N) is 1. The highest BCUT2D eigenvalue weighted by Gasteiger charge is 2.33. The van der Waals surface area contributed by atoms with E-state index < -0.39 is 18.1 Å². The molecule has 0 amide bonds. The molecule has 0 saturated heterocycles. The fraction of sp³-hybridized carbons (Fsp3) is 0.440. The smallest absolute Gasteiger partial charge is 0.481 e. The minimum atomic E-state index is -4.89. The second kappa shape index (κ2) is 11.7. The molecule has 1 heterocycles. The highest BCUT2D eigenvalue weighted by molar-refractivity contribution is 9.10. The van der Waals surface area contributed by atoms with Gasteiger partial charge in [0.2, 0.25) is 5.95 Å². The molecule has 1 unspecified atom stereocenters. The summed E-state index contributed by atoms with van der Waals surface area (Å²) in [4.78, 5) is 16.1. The van der Waals surface area contributed by atoms with Gasteiger partial charge in [0, 0.05) is 16.9 Å². The van der Waals surface area contributed by atoms with E-state index in [1.165, 1.54) is 12.1 Å². The molecule has 3 rings (SSSR count). The highest BCUT2D eigenvalue weighted by Crippen LogP contribution is 2.41. The van der Waals surface area contributed by atoms with E-state index in [-0.39, 0.29) is 30.0 Å². The number of aliphatic carboxylic acids is 1. The number of nitrogens with zero attached hydrogens (tertiary/aromatic N) is 2.